The summed E-state index contributed by atoms with van der Waals surface area (Å²) in [4.78, 5) is 30.5. The number of para-hydroxylation sites is 1. The van der Waals surface area contributed by atoms with Crippen LogP contribution < -0.4 is 5.32 Å². The maximum atomic E-state index is 12.8. The predicted octanol–water partition coefficient (Wildman–Crippen LogP) is 4.20. The monoisotopic (exact) mass is 389 g/mol. The van der Waals surface area contributed by atoms with Crippen LogP contribution in [0.2, 0.25) is 0 Å². The molecule has 0 saturated carbocycles. The Bertz CT molecular complexity index is 1020. The molecule has 5 nitrogen and oxygen atoms in total. The smallest absolute Gasteiger partial charge is 0.227 e. The normalized spacial score (nSPS) is 14.9. The van der Waals surface area contributed by atoms with Crippen molar-refractivity contribution in [2.24, 2.45) is 5.92 Å². The zero-order valence-electron chi connectivity index (χ0n) is 17.0. The number of H-pyrrole nitrogens is 1. The number of rotatable bonds is 4. The molecule has 1 aromatic heterocycles. The number of piperidine rings is 1. The van der Waals surface area contributed by atoms with Crippen LogP contribution in [0, 0.1) is 19.8 Å². The second-order valence-corrected chi connectivity index (χ2v) is 8.06. The fourth-order valence-corrected chi connectivity index (χ4v) is 4.23. The van der Waals surface area contributed by atoms with Gasteiger partial charge in [0.15, 0.2) is 0 Å². The molecule has 0 radical (unpaired) electrons. The second-order valence-electron chi connectivity index (χ2n) is 8.06. The number of hydrogen-bond donors (Lipinski definition) is 2. The van der Waals surface area contributed by atoms with Crippen LogP contribution in [0.3, 0.4) is 0 Å². The summed E-state index contributed by atoms with van der Waals surface area (Å²) >= 11 is 0. The molecule has 3 aromatic rings. The predicted molar refractivity (Wildman–Crippen MR) is 116 cm³/mol. The van der Waals surface area contributed by atoms with E-state index in [0.29, 0.717) is 32.4 Å². The van der Waals surface area contributed by atoms with E-state index in [1.807, 2.05) is 61.3 Å². The summed E-state index contributed by atoms with van der Waals surface area (Å²) in [5.41, 5.74) is 5.21. The van der Waals surface area contributed by atoms with Crippen molar-refractivity contribution >= 4 is 28.4 Å². The van der Waals surface area contributed by atoms with Crippen LogP contribution in [-0.4, -0.2) is 34.8 Å². The Labute approximate surface area is 171 Å². The van der Waals surface area contributed by atoms with Gasteiger partial charge in [-0.15, -0.1) is 0 Å². The van der Waals surface area contributed by atoms with Crippen LogP contribution in [-0.2, 0) is 16.0 Å². The Balaban J connectivity index is 1.32. The van der Waals surface area contributed by atoms with Gasteiger partial charge in [0.25, 0.3) is 0 Å². The van der Waals surface area contributed by atoms with Crippen LogP contribution in [0.1, 0.15) is 29.5 Å². The maximum absolute atomic E-state index is 12.8. The first-order chi connectivity index (χ1) is 14.0. The minimum absolute atomic E-state index is 0.0482. The molecular weight excluding hydrogens is 362 g/mol. The molecule has 0 unspecified atom stereocenters. The number of likely N-dealkylation sites (tertiary alicyclic amines) is 1. The van der Waals surface area contributed by atoms with Gasteiger partial charge in [-0.3, -0.25) is 9.59 Å². The van der Waals surface area contributed by atoms with Crippen molar-refractivity contribution in [1.29, 1.82) is 0 Å². The molecule has 1 saturated heterocycles. The Morgan fingerprint density at radius 1 is 1.07 bits per heavy atom. The maximum Gasteiger partial charge on any atom is 0.227 e. The van der Waals surface area contributed by atoms with Gasteiger partial charge in [0.1, 0.15) is 0 Å². The van der Waals surface area contributed by atoms with Crippen molar-refractivity contribution in [3.8, 4) is 0 Å². The number of aryl methyl sites for hydroxylation is 2. The Kier molecular flexibility index (Phi) is 5.38. The Hall–Kier alpha value is -3.08. The molecule has 2 aromatic carbocycles. The number of aromatic amines is 1. The molecule has 0 atom stereocenters. The SMILES string of the molecule is Cc1cc(C)cc(NC(=O)C2CCN(C(=O)Cc3c[nH]c4ccccc34)CC2)c1. The number of aromatic nitrogens is 1. The van der Waals surface area contributed by atoms with E-state index in [9.17, 15) is 9.59 Å². The first-order valence-corrected chi connectivity index (χ1v) is 10.2. The summed E-state index contributed by atoms with van der Waals surface area (Å²) < 4.78 is 0. The molecule has 4 rings (SSSR count). The molecule has 29 heavy (non-hydrogen) atoms. The minimum atomic E-state index is -0.0482. The summed E-state index contributed by atoms with van der Waals surface area (Å²) in [6.07, 6.45) is 3.72. The lowest BCUT2D eigenvalue weighted by atomic mass is 9.95. The molecule has 150 valence electrons. The highest BCUT2D eigenvalue weighted by Crippen LogP contribution is 2.23. The second kappa shape index (κ2) is 8.11. The molecular formula is C24H27N3O2. The van der Waals surface area contributed by atoms with Crippen LogP contribution in [0.5, 0.6) is 0 Å². The number of carbonyl (C=O) groups excluding carboxylic acids is 2. The topological polar surface area (TPSA) is 65.2 Å². The van der Waals surface area contributed by atoms with Crippen LogP contribution in [0.4, 0.5) is 5.69 Å². The standard InChI is InChI=1S/C24H27N3O2/c1-16-11-17(2)13-20(12-16)26-24(29)18-7-9-27(10-8-18)23(28)14-19-15-25-22-6-4-3-5-21(19)22/h3-6,11-13,15,18,25H,7-10,14H2,1-2H3,(H,26,29). The molecule has 1 aliphatic heterocycles. The first-order valence-electron chi connectivity index (χ1n) is 10.2. The average Bonchev–Trinajstić information content (AvgIpc) is 3.10. The van der Waals surface area contributed by atoms with E-state index in [-0.39, 0.29) is 17.7 Å². The number of carbonyl (C=O) groups is 2. The average molecular weight is 389 g/mol. The highest BCUT2D eigenvalue weighted by Gasteiger charge is 2.27. The molecule has 1 aliphatic rings. The van der Waals surface area contributed by atoms with Gasteiger partial charge in [0.2, 0.25) is 11.8 Å². The fourth-order valence-electron chi connectivity index (χ4n) is 4.23. The number of benzene rings is 2. The number of anilines is 1. The Morgan fingerprint density at radius 2 is 1.76 bits per heavy atom. The third-order valence-corrected chi connectivity index (χ3v) is 5.72. The molecule has 0 aliphatic carbocycles. The fraction of sp³-hybridized carbons (Fsp3) is 0.333. The van der Waals surface area contributed by atoms with E-state index in [1.165, 1.54) is 0 Å². The number of amides is 2. The number of fused-ring (bicyclic) bond motifs is 1. The van der Waals surface area contributed by atoms with Gasteiger partial charge in [-0.2, -0.15) is 0 Å². The van der Waals surface area contributed by atoms with Crippen LogP contribution in [0.25, 0.3) is 10.9 Å². The lowest BCUT2D eigenvalue weighted by molar-refractivity contribution is -0.133. The zero-order valence-corrected chi connectivity index (χ0v) is 17.0. The number of nitrogens with one attached hydrogen (secondary N) is 2. The molecule has 1 fully saturated rings. The van der Waals surface area contributed by atoms with E-state index >= 15 is 0 Å². The van der Waals surface area contributed by atoms with E-state index in [2.05, 4.69) is 16.4 Å². The summed E-state index contributed by atoms with van der Waals surface area (Å²) in [6.45, 7) is 5.32. The molecule has 2 N–H and O–H groups in total. The van der Waals surface area contributed by atoms with Gasteiger partial charge in [0.05, 0.1) is 6.42 Å². The van der Waals surface area contributed by atoms with Crippen molar-refractivity contribution in [2.75, 3.05) is 18.4 Å². The third-order valence-electron chi connectivity index (χ3n) is 5.72. The Morgan fingerprint density at radius 3 is 2.48 bits per heavy atom. The molecule has 2 amide bonds. The summed E-state index contributed by atoms with van der Waals surface area (Å²) in [5.74, 6) is 0.134. The van der Waals surface area contributed by atoms with Gasteiger partial charge in [0, 0.05) is 41.8 Å². The quantitative estimate of drug-likeness (QED) is 0.702. The highest BCUT2D eigenvalue weighted by molar-refractivity contribution is 5.93. The zero-order chi connectivity index (χ0) is 20.4. The van der Waals surface area contributed by atoms with Gasteiger partial charge in [-0.05, 0) is 61.6 Å². The third kappa shape index (κ3) is 4.34. The summed E-state index contributed by atoms with van der Waals surface area (Å²) in [5, 5.41) is 4.15. The largest absolute Gasteiger partial charge is 0.361 e. The lowest BCUT2D eigenvalue weighted by Crippen LogP contribution is -2.42. The van der Waals surface area contributed by atoms with Crippen molar-refractivity contribution in [2.45, 2.75) is 33.1 Å². The molecule has 0 bridgehead atoms. The van der Waals surface area contributed by atoms with Crippen molar-refractivity contribution in [1.82, 2.24) is 9.88 Å². The summed E-state index contributed by atoms with van der Waals surface area (Å²) in [7, 11) is 0. The summed E-state index contributed by atoms with van der Waals surface area (Å²) in [6, 6.07) is 14.1. The van der Waals surface area contributed by atoms with E-state index in [0.717, 1.165) is 33.3 Å². The number of hydrogen-bond acceptors (Lipinski definition) is 2. The number of nitrogens with zero attached hydrogens (tertiary/aromatic N) is 1. The van der Waals surface area contributed by atoms with Crippen LogP contribution in [0.15, 0.2) is 48.7 Å². The lowest BCUT2D eigenvalue weighted by Gasteiger charge is -2.31. The van der Waals surface area contributed by atoms with Gasteiger partial charge >= 0.3 is 0 Å². The van der Waals surface area contributed by atoms with Crippen LogP contribution >= 0.6 is 0 Å². The van der Waals surface area contributed by atoms with Crippen molar-refractivity contribution in [3.63, 3.8) is 0 Å². The van der Waals surface area contributed by atoms with E-state index < -0.39 is 0 Å². The minimum Gasteiger partial charge on any atom is -0.361 e. The van der Waals surface area contributed by atoms with Crippen molar-refractivity contribution < 1.29 is 9.59 Å². The van der Waals surface area contributed by atoms with E-state index in [4.69, 9.17) is 0 Å². The van der Waals surface area contributed by atoms with E-state index in [1.54, 1.807) is 0 Å². The first kappa shape index (κ1) is 19.2. The molecule has 5 heteroatoms. The van der Waals surface area contributed by atoms with Crippen molar-refractivity contribution in [3.05, 3.63) is 65.4 Å². The molecule has 2 heterocycles. The van der Waals surface area contributed by atoms with Gasteiger partial charge < -0.3 is 15.2 Å². The van der Waals surface area contributed by atoms with Gasteiger partial charge in [-0.1, -0.05) is 24.3 Å². The highest BCUT2D eigenvalue weighted by atomic mass is 16.2. The van der Waals surface area contributed by atoms with Gasteiger partial charge in [-0.25, -0.2) is 0 Å². The molecule has 0 spiro atoms.